The van der Waals surface area contributed by atoms with Crippen LogP contribution in [0.1, 0.15) is 27.2 Å². The van der Waals surface area contributed by atoms with Gasteiger partial charge in [0.15, 0.2) is 0 Å². The normalized spacial score (nSPS) is 36.0. The van der Waals surface area contributed by atoms with Crippen LogP contribution in [-0.2, 0) is 0 Å². The van der Waals surface area contributed by atoms with Gasteiger partial charge in [-0.2, -0.15) is 0 Å². The fourth-order valence-electron chi connectivity index (χ4n) is 0.277. The Morgan fingerprint density at radius 1 is 1.43 bits per heavy atom. The SMILES string of the molecule is CC.C[C@H]1C[C@H]1F. The third kappa shape index (κ3) is 2.60. The van der Waals surface area contributed by atoms with Crippen molar-refractivity contribution in [1.29, 1.82) is 0 Å². The molecular weight excluding hydrogens is 91.1 g/mol. The van der Waals surface area contributed by atoms with Gasteiger partial charge in [-0.25, -0.2) is 4.39 Å². The van der Waals surface area contributed by atoms with Crippen LogP contribution < -0.4 is 0 Å². The van der Waals surface area contributed by atoms with Crippen molar-refractivity contribution in [3.05, 3.63) is 0 Å². The first-order valence-corrected chi connectivity index (χ1v) is 2.95. The summed E-state index contributed by atoms with van der Waals surface area (Å²) in [6, 6.07) is 0. The average Bonchev–Trinajstić information content (AvgIpc) is 2.27. The minimum atomic E-state index is -0.449. The lowest BCUT2D eigenvalue weighted by Gasteiger charge is -1.63. The van der Waals surface area contributed by atoms with E-state index in [0.717, 1.165) is 6.42 Å². The third-order valence-electron chi connectivity index (χ3n) is 1.01. The maximum absolute atomic E-state index is 11.5. The summed E-state index contributed by atoms with van der Waals surface area (Å²) in [6.45, 7) is 5.92. The molecule has 2 atom stereocenters. The highest BCUT2D eigenvalue weighted by Gasteiger charge is 2.31. The zero-order chi connectivity index (χ0) is 5.86. The van der Waals surface area contributed by atoms with E-state index in [1.165, 1.54) is 0 Å². The van der Waals surface area contributed by atoms with Crippen LogP contribution in [-0.4, -0.2) is 6.17 Å². The zero-order valence-corrected chi connectivity index (χ0v) is 5.24. The first-order chi connectivity index (χ1) is 3.30. The van der Waals surface area contributed by atoms with Gasteiger partial charge in [-0.1, -0.05) is 20.8 Å². The summed E-state index contributed by atoms with van der Waals surface area (Å²) in [5.41, 5.74) is 0. The van der Waals surface area contributed by atoms with E-state index in [-0.39, 0.29) is 0 Å². The predicted octanol–water partition coefficient (Wildman–Crippen LogP) is 2.39. The van der Waals surface area contributed by atoms with Crippen molar-refractivity contribution in [2.75, 3.05) is 0 Å². The van der Waals surface area contributed by atoms with Crippen molar-refractivity contribution in [2.24, 2.45) is 5.92 Å². The number of halogens is 1. The molecule has 0 aromatic carbocycles. The molecule has 0 aliphatic heterocycles. The maximum Gasteiger partial charge on any atom is 0.103 e. The second-order valence-corrected chi connectivity index (χ2v) is 1.73. The van der Waals surface area contributed by atoms with Crippen molar-refractivity contribution >= 4 is 0 Å². The molecule has 0 aromatic rings. The molecule has 1 rings (SSSR count). The van der Waals surface area contributed by atoms with E-state index in [9.17, 15) is 4.39 Å². The van der Waals surface area contributed by atoms with Gasteiger partial charge in [0.1, 0.15) is 6.17 Å². The minimum absolute atomic E-state index is 0.384. The number of alkyl halides is 1. The molecule has 0 amide bonds. The molecule has 0 bridgehead atoms. The quantitative estimate of drug-likeness (QED) is 0.442. The third-order valence-corrected chi connectivity index (χ3v) is 1.01. The minimum Gasteiger partial charge on any atom is -0.247 e. The van der Waals surface area contributed by atoms with Crippen LogP contribution >= 0.6 is 0 Å². The summed E-state index contributed by atoms with van der Waals surface area (Å²) in [5.74, 6) is 0.384. The summed E-state index contributed by atoms with van der Waals surface area (Å²) >= 11 is 0. The Balaban J connectivity index is 0.000000162. The van der Waals surface area contributed by atoms with Crippen LogP contribution in [0.25, 0.3) is 0 Å². The fraction of sp³-hybridized carbons (Fsp3) is 1.00. The molecule has 7 heavy (non-hydrogen) atoms. The Morgan fingerprint density at radius 2 is 1.57 bits per heavy atom. The molecule has 0 heterocycles. The highest BCUT2D eigenvalue weighted by Crippen LogP contribution is 2.32. The second kappa shape index (κ2) is 3.00. The standard InChI is InChI=1S/C4H7F.C2H6/c1-3-2-4(3)5;1-2/h3-4H,2H2,1H3;1-2H3/t3-,4+;/m0./s1. The van der Waals surface area contributed by atoms with E-state index in [0.29, 0.717) is 5.92 Å². The molecule has 44 valence electrons. The van der Waals surface area contributed by atoms with E-state index in [2.05, 4.69) is 0 Å². The van der Waals surface area contributed by atoms with Crippen molar-refractivity contribution in [1.82, 2.24) is 0 Å². The monoisotopic (exact) mass is 104 g/mol. The maximum atomic E-state index is 11.5. The molecule has 0 unspecified atom stereocenters. The number of hydrogen-bond donors (Lipinski definition) is 0. The van der Waals surface area contributed by atoms with E-state index in [1.807, 2.05) is 20.8 Å². The van der Waals surface area contributed by atoms with Crippen LogP contribution in [0.15, 0.2) is 0 Å². The Hall–Kier alpha value is -0.0700. The van der Waals surface area contributed by atoms with Gasteiger partial charge < -0.3 is 0 Å². The molecule has 0 nitrogen and oxygen atoms in total. The molecule has 0 radical (unpaired) electrons. The van der Waals surface area contributed by atoms with Gasteiger partial charge in [0.25, 0.3) is 0 Å². The summed E-state index contributed by atoms with van der Waals surface area (Å²) in [4.78, 5) is 0. The van der Waals surface area contributed by atoms with Crippen molar-refractivity contribution in [3.8, 4) is 0 Å². The highest BCUT2D eigenvalue weighted by molar-refractivity contribution is 4.81. The van der Waals surface area contributed by atoms with Crippen LogP contribution in [0.5, 0.6) is 0 Å². The highest BCUT2D eigenvalue weighted by atomic mass is 19.1. The lowest BCUT2D eigenvalue weighted by atomic mass is 10.5. The van der Waals surface area contributed by atoms with Crippen LogP contribution in [0.2, 0.25) is 0 Å². The smallest absolute Gasteiger partial charge is 0.103 e. The molecule has 0 N–H and O–H groups in total. The molecule has 1 aliphatic carbocycles. The summed E-state index contributed by atoms with van der Waals surface area (Å²) in [5, 5.41) is 0. The van der Waals surface area contributed by atoms with Crippen molar-refractivity contribution in [2.45, 2.75) is 33.4 Å². The predicted molar refractivity (Wildman–Crippen MR) is 30.0 cm³/mol. The van der Waals surface area contributed by atoms with Gasteiger partial charge in [-0.3, -0.25) is 0 Å². The topological polar surface area (TPSA) is 0 Å². The Morgan fingerprint density at radius 3 is 1.57 bits per heavy atom. The van der Waals surface area contributed by atoms with Crippen LogP contribution in [0.4, 0.5) is 4.39 Å². The second-order valence-electron chi connectivity index (χ2n) is 1.73. The van der Waals surface area contributed by atoms with E-state index >= 15 is 0 Å². The number of hydrogen-bond acceptors (Lipinski definition) is 0. The Bertz CT molecular complexity index is 37.4. The molecular formula is C6H13F. The van der Waals surface area contributed by atoms with Gasteiger partial charge in [0.05, 0.1) is 0 Å². The summed E-state index contributed by atoms with van der Waals surface area (Å²) in [7, 11) is 0. The Labute approximate surface area is 44.7 Å². The first kappa shape index (κ1) is 6.93. The molecule has 1 heteroatoms. The lowest BCUT2D eigenvalue weighted by molar-refractivity contribution is 0.454. The van der Waals surface area contributed by atoms with E-state index in [1.54, 1.807) is 0 Å². The van der Waals surface area contributed by atoms with Gasteiger partial charge in [0, 0.05) is 0 Å². The van der Waals surface area contributed by atoms with Crippen molar-refractivity contribution < 1.29 is 4.39 Å². The molecule has 1 fully saturated rings. The fourth-order valence-corrected chi connectivity index (χ4v) is 0.277. The van der Waals surface area contributed by atoms with Gasteiger partial charge >= 0.3 is 0 Å². The van der Waals surface area contributed by atoms with Gasteiger partial charge in [-0.15, -0.1) is 0 Å². The summed E-state index contributed by atoms with van der Waals surface area (Å²) in [6.07, 6.45) is 0.356. The largest absolute Gasteiger partial charge is 0.247 e. The number of rotatable bonds is 0. The average molecular weight is 104 g/mol. The van der Waals surface area contributed by atoms with Gasteiger partial charge in [-0.05, 0) is 12.3 Å². The molecule has 0 saturated heterocycles. The lowest BCUT2D eigenvalue weighted by Crippen LogP contribution is -1.63. The zero-order valence-electron chi connectivity index (χ0n) is 5.24. The van der Waals surface area contributed by atoms with Crippen LogP contribution in [0.3, 0.4) is 0 Å². The molecule has 0 spiro atoms. The first-order valence-electron chi connectivity index (χ1n) is 2.95. The molecule has 1 aliphatic rings. The molecule has 1 saturated carbocycles. The van der Waals surface area contributed by atoms with E-state index < -0.39 is 6.17 Å². The summed E-state index contributed by atoms with van der Waals surface area (Å²) < 4.78 is 11.5. The molecule has 0 aromatic heterocycles. The Kier molecular flexibility index (Phi) is 2.97. The van der Waals surface area contributed by atoms with Gasteiger partial charge in [0.2, 0.25) is 0 Å². The van der Waals surface area contributed by atoms with Crippen LogP contribution in [0, 0.1) is 5.92 Å². The van der Waals surface area contributed by atoms with Crippen molar-refractivity contribution in [3.63, 3.8) is 0 Å². The van der Waals surface area contributed by atoms with E-state index in [4.69, 9.17) is 0 Å².